The van der Waals surface area contributed by atoms with Crippen LogP contribution in [0.15, 0.2) is 0 Å². The second-order valence-corrected chi connectivity index (χ2v) is 6.67. The Morgan fingerprint density at radius 3 is 2.57 bits per heavy atom. The van der Waals surface area contributed by atoms with Crippen LogP contribution in [0, 0.1) is 5.92 Å². The van der Waals surface area contributed by atoms with Crippen LogP contribution in [0.4, 0.5) is 0 Å². The fourth-order valence-electron chi connectivity index (χ4n) is 3.23. The first kappa shape index (κ1) is 16.2. The van der Waals surface area contributed by atoms with E-state index in [2.05, 4.69) is 17.3 Å². The number of nitrogens with one attached hydrogen (secondary N) is 1. The number of hydrogen-bond donors (Lipinski definition) is 2. The molecule has 0 aliphatic carbocycles. The van der Waals surface area contributed by atoms with Crippen LogP contribution in [-0.2, 0) is 9.59 Å². The third-order valence-corrected chi connectivity index (χ3v) is 4.94. The number of rotatable bonds is 4. The van der Waals surface area contributed by atoms with Crippen molar-refractivity contribution in [2.45, 2.75) is 51.2 Å². The zero-order valence-corrected chi connectivity index (χ0v) is 13.3. The van der Waals surface area contributed by atoms with E-state index in [1.54, 1.807) is 0 Å². The Kier molecular flexibility index (Phi) is 5.22. The van der Waals surface area contributed by atoms with Crippen LogP contribution in [0.3, 0.4) is 0 Å². The third-order valence-electron chi connectivity index (χ3n) is 4.94. The van der Waals surface area contributed by atoms with Crippen LogP contribution in [0.1, 0.15) is 33.1 Å². The first-order valence-corrected chi connectivity index (χ1v) is 7.93. The van der Waals surface area contributed by atoms with Gasteiger partial charge in [-0.2, -0.15) is 0 Å². The summed E-state index contributed by atoms with van der Waals surface area (Å²) >= 11 is 0. The lowest BCUT2D eigenvalue weighted by molar-refractivity contribution is -0.133. The Morgan fingerprint density at radius 2 is 1.90 bits per heavy atom. The molecule has 6 heteroatoms. The van der Waals surface area contributed by atoms with Crippen LogP contribution in [0.2, 0.25) is 0 Å². The summed E-state index contributed by atoms with van der Waals surface area (Å²) in [6, 6.07) is 0.524. The van der Waals surface area contributed by atoms with E-state index in [1.807, 2.05) is 18.7 Å². The molecule has 3 atom stereocenters. The van der Waals surface area contributed by atoms with E-state index in [4.69, 9.17) is 5.73 Å². The SMILES string of the molecule is CC(C)[C@H](N)C(=O)NCC(=O)N1CCC2CCC(C1)N2C. The second-order valence-electron chi connectivity index (χ2n) is 6.67. The van der Waals surface area contributed by atoms with Gasteiger partial charge in [0.05, 0.1) is 12.6 Å². The highest BCUT2D eigenvalue weighted by Gasteiger charge is 2.35. The Morgan fingerprint density at radius 1 is 1.24 bits per heavy atom. The number of nitrogens with zero attached hydrogens (tertiary/aromatic N) is 2. The second kappa shape index (κ2) is 6.75. The van der Waals surface area contributed by atoms with Gasteiger partial charge in [0.1, 0.15) is 0 Å². The summed E-state index contributed by atoms with van der Waals surface area (Å²) in [5, 5.41) is 2.67. The molecular weight excluding hydrogens is 268 g/mol. The highest BCUT2D eigenvalue weighted by molar-refractivity contribution is 5.87. The number of fused-ring (bicyclic) bond motifs is 2. The maximum atomic E-state index is 12.3. The number of nitrogens with two attached hydrogens (primary N) is 1. The molecule has 0 radical (unpaired) electrons. The van der Waals surface area contributed by atoms with Gasteiger partial charge in [0.2, 0.25) is 11.8 Å². The summed E-state index contributed by atoms with van der Waals surface area (Å²) in [6.07, 6.45) is 3.43. The van der Waals surface area contributed by atoms with Crippen molar-refractivity contribution in [1.29, 1.82) is 0 Å². The van der Waals surface area contributed by atoms with Crippen molar-refractivity contribution in [3.63, 3.8) is 0 Å². The lowest BCUT2D eigenvalue weighted by Gasteiger charge is -2.26. The molecule has 6 nitrogen and oxygen atoms in total. The van der Waals surface area contributed by atoms with Gasteiger partial charge >= 0.3 is 0 Å². The minimum atomic E-state index is -0.552. The summed E-state index contributed by atoms with van der Waals surface area (Å²) < 4.78 is 0. The number of likely N-dealkylation sites (tertiary alicyclic amines) is 1. The normalized spacial score (nSPS) is 27.6. The van der Waals surface area contributed by atoms with Crippen LogP contribution in [0.25, 0.3) is 0 Å². The summed E-state index contributed by atoms with van der Waals surface area (Å²) in [4.78, 5) is 28.4. The first-order chi connectivity index (χ1) is 9.90. The molecule has 0 aromatic heterocycles. The van der Waals surface area contributed by atoms with Crippen LogP contribution >= 0.6 is 0 Å². The van der Waals surface area contributed by atoms with Crippen molar-refractivity contribution in [3.05, 3.63) is 0 Å². The monoisotopic (exact) mass is 296 g/mol. The topological polar surface area (TPSA) is 78.7 Å². The Bertz CT molecular complexity index is 399. The van der Waals surface area contributed by atoms with Gasteiger partial charge in [-0.25, -0.2) is 0 Å². The number of carbonyl (C=O) groups is 2. The molecule has 2 rings (SSSR count). The molecule has 0 aromatic rings. The average Bonchev–Trinajstić information content (AvgIpc) is 2.68. The molecule has 21 heavy (non-hydrogen) atoms. The van der Waals surface area contributed by atoms with Gasteiger partial charge in [0.25, 0.3) is 0 Å². The highest BCUT2D eigenvalue weighted by atomic mass is 16.2. The van der Waals surface area contributed by atoms with Crippen molar-refractivity contribution >= 4 is 11.8 Å². The number of likely N-dealkylation sites (N-methyl/N-ethyl adjacent to an activating group) is 1. The predicted molar refractivity (Wildman–Crippen MR) is 81.6 cm³/mol. The fourth-order valence-corrected chi connectivity index (χ4v) is 3.23. The molecule has 120 valence electrons. The number of amides is 2. The summed E-state index contributed by atoms with van der Waals surface area (Å²) in [7, 11) is 2.15. The Hall–Kier alpha value is -1.14. The largest absolute Gasteiger partial charge is 0.346 e. The Labute approximate surface area is 127 Å². The lowest BCUT2D eigenvalue weighted by atomic mass is 10.1. The van der Waals surface area contributed by atoms with Crippen molar-refractivity contribution < 1.29 is 9.59 Å². The van der Waals surface area contributed by atoms with Crippen molar-refractivity contribution in [2.75, 3.05) is 26.7 Å². The summed E-state index contributed by atoms with van der Waals surface area (Å²) in [6.45, 7) is 5.41. The number of carbonyl (C=O) groups excluding carboxylic acids is 2. The Balaban J connectivity index is 1.82. The molecule has 2 bridgehead atoms. The molecule has 2 unspecified atom stereocenters. The highest BCUT2D eigenvalue weighted by Crippen LogP contribution is 2.28. The molecule has 2 fully saturated rings. The van der Waals surface area contributed by atoms with Gasteiger partial charge in [0.15, 0.2) is 0 Å². The average molecular weight is 296 g/mol. The lowest BCUT2D eigenvalue weighted by Crippen LogP contribution is -2.49. The smallest absolute Gasteiger partial charge is 0.242 e. The summed E-state index contributed by atoms with van der Waals surface area (Å²) in [5.74, 6) is -0.172. The van der Waals surface area contributed by atoms with E-state index >= 15 is 0 Å². The van der Waals surface area contributed by atoms with Gasteiger partial charge < -0.3 is 16.0 Å². The molecule has 2 aliphatic rings. The van der Waals surface area contributed by atoms with E-state index in [9.17, 15) is 9.59 Å². The van der Waals surface area contributed by atoms with Crippen LogP contribution < -0.4 is 11.1 Å². The van der Waals surface area contributed by atoms with Gasteiger partial charge in [-0.15, -0.1) is 0 Å². The predicted octanol–water partition coefficient (Wildman–Crippen LogP) is -0.219. The number of hydrogen-bond acceptors (Lipinski definition) is 4. The molecule has 0 aromatic carbocycles. The van der Waals surface area contributed by atoms with Crippen molar-refractivity contribution in [2.24, 2.45) is 11.7 Å². The fraction of sp³-hybridized carbons (Fsp3) is 0.867. The minimum absolute atomic E-state index is 0.000237. The molecule has 3 N–H and O–H groups in total. The third kappa shape index (κ3) is 3.74. The van der Waals surface area contributed by atoms with Crippen molar-refractivity contribution in [3.8, 4) is 0 Å². The van der Waals surface area contributed by atoms with Gasteiger partial charge in [-0.3, -0.25) is 14.5 Å². The zero-order chi connectivity index (χ0) is 15.6. The van der Waals surface area contributed by atoms with E-state index in [0.29, 0.717) is 12.1 Å². The first-order valence-electron chi connectivity index (χ1n) is 7.93. The van der Waals surface area contributed by atoms with E-state index in [-0.39, 0.29) is 24.3 Å². The van der Waals surface area contributed by atoms with E-state index in [0.717, 1.165) is 25.9 Å². The molecule has 2 heterocycles. The molecule has 2 aliphatic heterocycles. The van der Waals surface area contributed by atoms with Crippen molar-refractivity contribution in [1.82, 2.24) is 15.1 Å². The molecular formula is C15H28N4O2. The van der Waals surface area contributed by atoms with Gasteiger partial charge in [-0.05, 0) is 32.2 Å². The molecule has 2 amide bonds. The molecule has 2 saturated heterocycles. The quantitative estimate of drug-likeness (QED) is 0.752. The van der Waals surface area contributed by atoms with Crippen LogP contribution in [0.5, 0.6) is 0 Å². The van der Waals surface area contributed by atoms with E-state index in [1.165, 1.54) is 6.42 Å². The minimum Gasteiger partial charge on any atom is -0.346 e. The van der Waals surface area contributed by atoms with E-state index < -0.39 is 6.04 Å². The molecule has 0 spiro atoms. The van der Waals surface area contributed by atoms with Gasteiger partial charge in [0, 0.05) is 25.2 Å². The zero-order valence-electron chi connectivity index (χ0n) is 13.3. The molecule has 0 saturated carbocycles. The van der Waals surface area contributed by atoms with Gasteiger partial charge in [-0.1, -0.05) is 13.8 Å². The maximum Gasteiger partial charge on any atom is 0.242 e. The maximum absolute atomic E-state index is 12.3. The standard InChI is InChI=1S/C15H28N4O2/c1-10(2)14(16)15(21)17-8-13(20)19-7-6-11-4-5-12(9-19)18(11)3/h10-12,14H,4-9,16H2,1-3H3,(H,17,21)/t11?,12?,14-/m0/s1. The van der Waals surface area contributed by atoms with Crippen LogP contribution in [-0.4, -0.2) is 66.4 Å². The summed E-state index contributed by atoms with van der Waals surface area (Å²) in [5.41, 5.74) is 5.77.